The normalized spacial score (nSPS) is 14.1. The number of methoxy groups -OCH3 is 1. The molecule has 7 nitrogen and oxygen atoms in total. The van der Waals surface area contributed by atoms with E-state index in [9.17, 15) is 4.79 Å². The Labute approximate surface area is 198 Å². The van der Waals surface area contributed by atoms with E-state index >= 15 is 0 Å². The number of thiazole rings is 1. The topological polar surface area (TPSA) is 64.1 Å². The number of halogens is 1. The number of hydrogen-bond donors (Lipinski definition) is 0. The number of anilines is 1. The van der Waals surface area contributed by atoms with E-state index in [1.165, 1.54) is 11.3 Å². The van der Waals surface area contributed by atoms with Crippen LogP contribution in [0.3, 0.4) is 0 Å². The highest BCUT2D eigenvalue weighted by Gasteiger charge is 2.22. The Morgan fingerprint density at radius 3 is 2.75 bits per heavy atom. The quantitative estimate of drug-likeness (QED) is 0.492. The molecule has 0 radical (unpaired) electrons. The number of amides is 1. The van der Waals surface area contributed by atoms with Crippen LogP contribution in [0.4, 0.5) is 5.13 Å². The Hall–Kier alpha value is -2.39. The van der Waals surface area contributed by atoms with Gasteiger partial charge in [0.25, 0.3) is 5.91 Å². The largest absolute Gasteiger partial charge is 0.497 e. The molecular weight excluding hydrogens is 450 g/mol. The van der Waals surface area contributed by atoms with Crippen molar-refractivity contribution in [3.05, 3.63) is 48.0 Å². The van der Waals surface area contributed by atoms with Crippen molar-refractivity contribution in [2.75, 3.05) is 58.0 Å². The summed E-state index contributed by atoms with van der Waals surface area (Å²) in [7, 11) is 1.63. The van der Waals surface area contributed by atoms with E-state index < -0.39 is 0 Å². The summed E-state index contributed by atoms with van der Waals surface area (Å²) in [5.41, 5.74) is 1.91. The fourth-order valence-corrected chi connectivity index (χ4v) is 4.45. The Kier molecular flexibility index (Phi) is 8.69. The van der Waals surface area contributed by atoms with Crippen LogP contribution < -0.4 is 14.4 Å². The van der Waals surface area contributed by atoms with Crippen LogP contribution >= 0.6 is 23.7 Å². The highest BCUT2D eigenvalue weighted by molar-refractivity contribution is 7.22. The first-order chi connectivity index (χ1) is 15.1. The molecule has 1 aromatic heterocycles. The molecule has 1 aliphatic heterocycles. The molecular formula is C23H28ClN3O4S. The third-order valence-corrected chi connectivity index (χ3v) is 6.27. The van der Waals surface area contributed by atoms with Gasteiger partial charge in [-0.1, -0.05) is 23.5 Å². The molecule has 0 spiro atoms. The van der Waals surface area contributed by atoms with Crippen LogP contribution in [0, 0.1) is 6.92 Å². The molecule has 0 N–H and O–H groups in total. The average molecular weight is 478 g/mol. The lowest BCUT2D eigenvalue weighted by Crippen LogP contribution is -2.44. The van der Waals surface area contributed by atoms with Crippen LogP contribution in [0.5, 0.6) is 11.5 Å². The van der Waals surface area contributed by atoms with Crippen molar-refractivity contribution in [3.8, 4) is 11.5 Å². The van der Waals surface area contributed by atoms with Gasteiger partial charge in [0.05, 0.1) is 30.5 Å². The summed E-state index contributed by atoms with van der Waals surface area (Å²) in [6, 6.07) is 13.5. The molecule has 1 amide bonds. The molecule has 0 aliphatic carbocycles. The second-order valence-electron chi connectivity index (χ2n) is 7.43. The van der Waals surface area contributed by atoms with Gasteiger partial charge >= 0.3 is 0 Å². The number of aryl methyl sites for hydroxylation is 1. The van der Waals surface area contributed by atoms with Crippen LogP contribution in [0.2, 0.25) is 0 Å². The maximum atomic E-state index is 13.2. The lowest BCUT2D eigenvalue weighted by atomic mass is 10.2. The number of benzene rings is 2. The number of aromatic nitrogens is 1. The van der Waals surface area contributed by atoms with Crippen LogP contribution in [0.15, 0.2) is 42.5 Å². The summed E-state index contributed by atoms with van der Waals surface area (Å²) >= 11 is 1.50. The molecule has 1 saturated heterocycles. The van der Waals surface area contributed by atoms with Crippen LogP contribution in [-0.2, 0) is 9.53 Å². The second-order valence-corrected chi connectivity index (χ2v) is 8.44. The van der Waals surface area contributed by atoms with E-state index in [4.69, 9.17) is 19.2 Å². The number of fused-ring (bicyclic) bond motifs is 1. The molecule has 9 heteroatoms. The molecule has 1 aliphatic rings. The number of nitrogens with zero attached hydrogens (tertiary/aromatic N) is 3. The van der Waals surface area contributed by atoms with E-state index in [-0.39, 0.29) is 24.9 Å². The van der Waals surface area contributed by atoms with Crippen molar-refractivity contribution < 1.29 is 19.0 Å². The first-order valence-corrected chi connectivity index (χ1v) is 11.2. The van der Waals surface area contributed by atoms with Gasteiger partial charge < -0.3 is 14.2 Å². The van der Waals surface area contributed by atoms with Gasteiger partial charge in [-0.15, -0.1) is 12.4 Å². The average Bonchev–Trinajstić information content (AvgIpc) is 3.21. The molecule has 32 heavy (non-hydrogen) atoms. The first-order valence-electron chi connectivity index (χ1n) is 10.4. The van der Waals surface area contributed by atoms with Gasteiger partial charge in [0, 0.05) is 32.2 Å². The lowest BCUT2D eigenvalue weighted by Gasteiger charge is -2.29. The van der Waals surface area contributed by atoms with Crippen molar-refractivity contribution >= 4 is 45.0 Å². The molecule has 172 valence electrons. The maximum Gasteiger partial charge on any atom is 0.266 e. The minimum atomic E-state index is -0.110. The van der Waals surface area contributed by atoms with Gasteiger partial charge in [-0.25, -0.2) is 4.98 Å². The summed E-state index contributed by atoms with van der Waals surface area (Å²) in [5, 5.41) is 0.675. The number of ether oxygens (including phenoxy) is 3. The third-order valence-electron chi connectivity index (χ3n) is 5.21. The number of hydrogen-bond acceptors (Lipinski definition) is 7. The van der Waals surface area contributed by atoms with Crippen molar-refractivity contribution in [2.24, 2.45) is 0 Å². The molecule has 2 heterocycles. The lowest BCUT2D eigenvalue weighted by molar-refractivity contribution is -0.120. The Morgan fingerprint density at radius 1 is 1.19 bits per heavy atom. The van der Waals surface area contributed by atoms with Crippen molar-refractivity contribution in [2.45, 2.75) is 6.92 Å². The van der Waals surface area contributed by atoms with E-state index in [0.717, 1.165) is 54.4 Å². The van der Waals surface area contributed by atoms with Gasteiger partial charge in [-0.05, 0) is 36.8 Å². The number of carbonyl (C=O) groups excluding carboxylic acids is 1. The van der Waals surface area contributed by atoms with Gasteiger partial charge in [-0.2, -0.15) is 0 Å². The molecule has 1 fully saturated rings. The minimum absolute atomic E-state index is 0. The summed E-state index contributed by atoms with van der Waals surface area (Å²) in [5.74, 6) is 1.33. The molecule has 0 atom stereocenters. The SMILES string of the molecule is COc1ccc2sc(N(CCN3CCOCC3)C(=O)COc3cccc(C)c3)nc2c1.Cl. The summed E-state index contributed by atoms with van der Waals surface area (Å²) in [6.45, 7) is 6.48. The van der Waals surface area contributed by atoms with E-state index in [1.54, 1.807) is 12.0 Å². The monoisotopic (exact) mass is 477 g/mol. The van der Waals surface area contributed by atoms with Crippen LogP contribution in [-0.4, -0.2) is 68.9 Å². The fraction of sp³-hybridized carbons (Fsp3) is 0.391. The first kappa shape index (κ1) is 24.3. The van der Waals surface area contributed by atoms with Crippen molar-refractivity contribution in [1.82, 2.24) is 9.88 Å². The van der Waals surface area contributed by atoms with E-state index in [2.05, 4.69) is 4.90 Å². The highest BCUT2D eigenvalue weighted by atomic mass is 35.5. The molecule has 0 unspecified atom stereocenters. The highest BCUT2D eigenvalue weighted by Crippen LogP contribution is 2.31. The molecule has 2 aromatic carbocycles. The van der Waals surface area contributed by atoms with Gasteiger partial charge in [-0.3, -0.25) is 14.6 Å². The van der Waals surface area contributed by atoms with E-state index in [1.807, 2.05) is 49.4 Å². The van der Waals surface area contributed by atoms with Gasteiger partial charge in [0.1, 0.15) is 11.5 Å². The van der Waals surface area contributed by atoms with Crippen LogP contribution in [0.1, 0.15) is 5.56 Å². The smallest absolute Gasteiger partial charge is 0.266 e. The zero-order valence-corrected chi connectivity index (χ0v) is 19.9. The summed E-state index contributed by atoms with van der Waals surface area (Å²) < 4.78 is 17.5. The third kappa shape index (κ3) is 6.10. The predicted octanol–water partition coefficient (Wildman–Crippen LogP) is 3.78. The summed E-state index contributed by atoms with van der Waals surface area (Å²) in [6.07, 6.45) is 0. The van der Waals surface area contributed by atoms with Crippen molar-refractivity contribution in [3.63, 3.8) is 0 Å². The Morgan fingerprint density at radius 2 is 2.00 bits per heavy atom. The molecule has 3 aromatic rings. The molecule has 0 bridgehead atoms. The zero-order valence-electron chi connectivity index (χ0n) is 18.3. The second kappa shape index (κ2) is 11.5. The van der Waals surface area contributed by atoms with Gasteiger partial charge in [0.15, 0.2) is 11.7 Å². The van der Waals surface area contributed by atoms with Crippen molar-refractivity contribution in [1.29, 1.82) is 0 Å². The Bertz CT molecular complexity index is 1040. The van der Waals surface area contributed by atoms with Gasteiger partial charge in [0.2, 0.25) is 0 Å². The maximum absolute atomic E-state index is 13.2. The van der Waals surface area contributed by atoms with E-state index in [0.29, 0.717) is 17.4 Å². The zero-order chi connectivity index (χ0) is 21.6. The number of carbonyl (C=O) groups is 1. The standard InChI is InChI=1S/C23H27N3O4S.ClH/c1-17-4-3-5-19(14-17)30-16-22(27)26(9-8-25-10-12-29-13-11-25)23-24-20-15-18(28-2)6-7-21(20)31-23;/h3-7,14-15H,8-13,16H2,1-2H3;1H. The summed E-state index contributed by atoms with van der Waals surface area (Å²) in [4.78, 5) is 21.9. The molecule has 4 rings (SSSR count). The molecule has 0 saturated carbocycles. The predicted molar refractivity (Wildman–Crippen MR) is 130 cm³/mol. The number of rotatable bonds is 8. The Balaban J connectivity index is 0.00000289. The van der Waals surface area contributed by atoms with Crippen LogP contribution in [0.25, 0.3) is 10.2 Å². The minimum Gasteiger partial charge on any atom is -0.497 e. The number of morpholine rings is 1. The fourth-order valence-electron chi connectivity index (χ4n) is 3.46.